The molecule has 26 heavy (non-hydrogen) atoms. The molecule has 1 heterocycles. The molecule has 0 aromatic heterocycles. The van der Waals surface area contributed by atoms with Crippen LogP contribution in [-0.4, -0.2) is 23.4 Å². The Balaban J connectivity index is 2.00. The highest BCUT2D eigenvalue weighted by molar-refractivity contribution is 5.95. The molecule has 1 unspecified atom stereocenters. The van der Waals surface area contributed by atoms with Crippen molar-refractivity contribution < 1.29 is 32.5 Å². The van der Waals surface area contributed by atoms with Gasteiger partial charge in [-0.25, -0.2) is 4.79 Å². The number of halogens is 3. The third-order valence-corrected chi connectivity index (χ3v) is 3.96. The first-order valence-electron chi connectivity index (χ1n) is 7.87. The predicted molar refractivity (Wildman–Crippen MR) is 88.4 cm³/mol. The molecule has 0 fully saturated rings. The number of aryl methyl sites for hydroxylation is 1. The average molecular weight is 364 g/mol. The normalized spacial score (nSPS) is 16.3. The summed E-state index contributed by atoms with van der Waals surface area (Å²) in [7, 11) is 0. The minimum Gasteiger partial charge on any atom is -0.478 e. The van der Waals surface area contributed by atoms with E-state index in [2.05, 4.69) is 0 Å². The Morgan fingerprint density at radius 3 is 2.46 bits per heavy atom. The van der Waals surface area contributed by atoms with Crippen LogP contribution < -0.4 is 9.47 Å². The van der Waals surface area contributed by atoms with Gasteiger partial charge in [0.25, 0.3) is 0 Å². The van der Waals surface area contributed by atoms with Crippen molar-refractivity contribution in [2.75, 3.05) is 0 Å². The number of ether oxygens (including phenoxy) is 2. The topological polar surface area (TPSA) is 55.8 Å². The van der Waals surface area contributed by atoms with Gasteiger partial charge in [0, 0.05) is 0 Å². The van der Waals surface area contributed by atoms with Crippen LogP contribution in [-0.2, 0) is 11.2 Å². The third kappa shape index (κ3) is 3.51. The monoisotopic (exact) mass is 364 g/mol. The minimum atomic E-state index is -4.84. The summed E-state index contributed by atoms with van der Waals surface area (Å²) in [6.07, 6.45) is -5.55. The van der Waals surface area contributed by atoms with Gasteiger partial charge in [0.2, 0.25) is 6.10 Å². The molecule has 3 rings (SSSR count). The Hall–Kier alpha value is -2.96. The molecule has 1 aliphatic heterocycles. The molecule has 0 aliphatic carbocycles. The Kier molecular flexibility index (Phi) is 4.63. The summed E-state index contributed by atoms with van der Waals surface area (Å²) in [6, 6.07) is 11.6. The average Bonchev–Trinajstić information content (AvgIpc) is 2.60. The largest absolute Gasteiger partial charge is 0.478 e. The van der Waals surface area contributed by atoms with Crippen LogP contribution >= 0.6 is 0 Å². The van der Waals surface area contributed by atoms with Crippen molar-refractivity contribution in [1.82, 2.24) is 0 Å². The fourth-order valence-corrected chi connectivity index (χ4v) is 2.62. The number of carboxylic acids is 1. The molecule has 0 spiro atoms. The van der Waals surface area contributed by atoms with Crippen molar-refractivity contribution in [3.05, 3.63) is 59.2 Å². The Morgan fingerprint density at radius 2 is 1.88 bits per heavy atom. The molecule has 7 heteroatoms. The van der Waals surface area contributed by atoms with Gasteiger partial charge in [-0.05, 0) is 42.3 Å². The van der Waals surface area contributed by atoms with Crippen molar-refractivity contribution >= 4 is 12.0 Å². The molecular formula is C19H15F3O4. The Labute approximate surface area is 147 Å². The maximum Gasteiger partial charge on any atom is 0.430 e. The minimum absolute atomic E-state index is 0.0833. The van der Waals surface area contributed by atoms with Crippen LogP contribution in [0.2, 0.25) is 0 Å². The van der Waals surface area contributed by atoms with Gasteiger partial charge in [-0.15, -0.1) is 0 Å². The number of carbonyl (C=O) groups is 1. The summed E-state index contributed by atoms with van der Waals surface area (Å²) in [6.45, 7) is 2.01. The Bertz CT molecular complexity index is 854. The molecule has 0 saturated carbocycles. The smallest absolute Gasteiger partial charge is 0.430 e. The molecule has 0 amide bonds. The molecule has 1 aliphatic rings. The number of hydrogen-bond donors (Lipinski definition) is 1. The second kappa shape index (κ2) is 6.74. The first-order chi connectivity index (χ1) is 12.3. The number of aliphatic carboxylic acids is 1. The van der Waals surface area contributed by atoms with Crippen LogP contribution in [0.4, 0.5) is 13.2 Å². The number of carboxylic acid groups (broad SMARTS) is 1. The van der Waals surface area contributed by atoms with Crippen LogP contribution in [0.25, 0.3) is 6.08 Å². The van der Waals surface area contributed by atoms with Crippen LogP contribution in [0.5, 0.6) is 17.2 Å². The highest BCUT2D eigenvalue weighted by Gasteiger charge is 2.48. The van der Waals surface area contributed by atoms with Gasteiger partial charge in [-0.3, -0.25) is 0 Å². The molecule has 1 N–H and O–H groups in total. The fourth-order valence-electron chi connectivity index (χ4n) is 2.62. The molecule has 0 bridgehead atoms. The highest BCUT2D eigenvalue weighted by Crippen LogP contribution is 2.41. The van der Waals surface area contributed by atoms with Crippen LogP contribution in [0.3, 0.4) is 0 Å². The lowest BCUT2D eigenvalue weighted by Crippen LogP contribution is -2.40. The van der Waals surface area contributed by atoms with E-state index >= 15 is 0 Å². The van der Waals surface area contributed by atoms with E-state index in [0.717, 1.165) is 18.1 Å². The predicted octanol–water partition coefficient (Wildman–Crippen LogP) is 4.83. The summed E-state index contributed by atoms with van der Waals surface area (Å²) < 4.78 is 50.0. The van der Waals surface area contributed by atoms with E-state index in [1.807, 2.05) is 19.1 Å². The van der Waals surface area contributed by atoms with E-state index in [1.165, 1.54) is 12.1 Å². The van der Waals surface area contributed by atoms with Crippen molar-refractivity contribution in [2.45, 2.75) is 25.6 Å². The first kappa shape index (κ1) is 17.8. The summed E-state index contributed by atoms with van der Waals surface area (Å²) >= 11 is 0. The summed E-state index contributed by atoms with van der Waals surface area (Å²) in [5.74, 6) is -1.08. The van der Waals surface area contributed by atoms with E-state index in [-0.39, 0.29) is 17.1 Å². The van der Waals surface area contributed by atoms with E-state index in [4.69, 9.17) is 14.6 Å². The van der Waals surface area contributed by atoms with E-state index in [1.54, 1.807) is 18.2 Å². The molecular weight excluding hydrogens is 349 g/mol. The van der Waals surface area contributed by atoms with Gasteiger partial charge in [0.05, 0.1) is 11.1 Å². The highest BCUT2D eigenvalue weighted by atomic mass is 19.4. The zero-order chi connectivity index (χ0) is 18.9. The maximum atomic E-state index is 13.1. The van der Waals surface area contributed by atoms with Gasteiger partial charge >= 0.3 is 12.1 Å². The second-order valence-corrected chi connectivity index (χ2v) is 5.71. The van der Waals surface area contributed by atoms with Gasteiger partial charge in [0.15, 0.2) is 0 Å². The lowest BCUT2D eigenvalue weighted by atomic mass is 10.0. The molecule has 4 nitrogen and oxygen atoms in total. The number of fused-ring (bicyclic) bond motifs is 1. The fraction of sp³-hybridized carbons (Fsp3) is 0.211. The van der Waals surface area contributed by atoms with Gasteiger partial charge in [-0.2, -0.15) is 13.2 Å². The molecule has 136 valence electrons. The zero-order valence-electron chi connectivity index (χ0n) is 13.7. The molecule has 1 atom stereocenters. The van der Waals surface area contributed by atoms with Crippen LogP contribution in [0, 0.1) is 0 Å². The third-order valence-electron chi connectivity index (χ3n) is 3.96. The van der Waals surface area contributed by atoms with Gasteiger partial charge in [-0.1, -0.05) is 25.1 Å². The van der Waals surface area contributed by atoms with Crippen LogP contribution in [0.15, 0.2) is 48.0 Å². The summed E-state index contributed by atoms with van der Waals surface area (Å²) in [4.78, 5) is 11.3. The number of alkyl halides is 3. The standard InChI is InChI=1S/C19H15F3O4/c1-2-11-6-8-12(9-7-11)25-15-4-3-5-16-13(15)10-14(18(23)24)17(26-16)19(20,21)22/h3-10,17H,2H2,1H3,(H,23,24). The van der Waals surface area contributed by atoms with Crippen molar-refractivity contribution in [1.29, 1.82) is 0 Å². The zero-order valence-corrected chi connectivity index (χ0v) is 13.7. The first-order valence-corrected chi connectivity index (χ1v) is 7.87. The van der Waals surface area contributed by atoms with Crippen molar-refractivity contribution in [3.63, 3.8) is 0 Å². The van der Waals surface area contributed by atoms with E-state index in [0.29, 0.717) is 5.75 Å². The summed E-state index contributed by atoms with van der Waals surface area (Å²) in [5.41, 5.74) is 0.379. The SMILES string of the molecule is CCc1ccc(Oc2cccc3c2C=C(C(=O)O)C(C(F)(F)F)O3)cc1. The van der Waals surface area contributed by atoms with Crippen molar-refractivity contribution in [3.8, 4) is 17.2 Å². The summed E-state index contributed by atoms with van der Waals surface area (Å²) in [5, 5.41) is 9.15. The number of rotatable bonds is 4. The number of hydrogen-bond acceptors (Lipinski definition) is 3. The Morgan fingerprint density at radius 1 is 1.19 bits per heavy atom. The van der Waals surface area contributed by atoms with Gasteiger partial charge < -0.3 is 14.6 Å². The van der Waals surface area contributed by atoms with Crippen LogP contribution in [0.1, 0.15) is 18.1 Å². The molecule has 2 aromatic rings. The lowest BCUT2D eigenvalue weighted by molar-refractivity contribution is -0.187. The van der Waals surface area contributed by atoms with Crippen molar-refractivity contribution in [2.24, 2.45) is 0 Å². The van der Waals surface area contributed by atoms with E-state index < -0.39 is 23.8 Å². The maximum absolute atomic E-state index is 13.1. The number of benzene rings is 2. The second-order valence-electron chi connectivity index (χ2n) is 5.71. The quantitative estimate of drug-likeness (QED) is 0.844. The van der Waals surface area contributed by atoms with Gasteiger partial charge in [0.1, 0.15) is 17.2 Å². The lowest BCUT2D eigenvalue weighted by Gasteiger charge is -2.27. The molecule has 0 saturated heterocycles. The molecule has 0 radical (unpaired) electrons. The van der Waals surface area contributed by atoms with E-state index in [9.17, 15) is 18.0 Å². The molecule has 2 aromatic carbocycles.